The number of nitrogens with one attached hydrogen (secondary N) is 2. The lowest BCUT2D eigenvalue weighted by Gasteiger charge is -2.24. The summed E-state index contributed by atoms with van der Waals surface area (Å²) in [6, 6.07) is 9.63. The quantitative estimate of drug-likeness (QED) is 0.784. The average molecular weight is 299 g/mol. The lowest BCUT2D eigenvalue weighted by atomic mass is 9.86. The minimum absolute atomic E-state index is 0.0164. The fourth-order valence-electron chi connectivity index (χ4n) is 3.10. The number of aliphatic hydroxyl groups excluding tert-OH is 1. The molecule has 1 aromatic carbocycles. The van der Waals surface area contributed by atoms with Crippen LogP contribution in [0.2, 0.25) is 0 Å². The minimum Gasteiger partial charge on any atom is -0.394 e. The zero-order valence-corrected chi connectivity index (χ0v) is 12.5. The van der Waals surface area contributed by atoms with Crippen molar-refractivity contribution in [1.29, 1.82) is 0 Å². The van der Waals surface area contributed by atoms with Crippen LogP contribution < -0.4 is 5.32 Å². The molecule has 5 nitrogen and oxygen atoms in total. The molecule has 0 spiro atoms. The van der Waals surface area contributed by atoms with Crippen LogP contribution in [0.3, 0.4) is 0 Å². The summed E-state index contributed by atoms with van der Waals surface area (Å²) in [7, 11) is 0. The van der Waals surface area contributed by atoms with Crippen LogP contribution in [0.1, 0.15) is 35.6 Å². The Morgan fingerprint density at radius 2 is 2.23 bits per heavy atom. The zero-order chi connectivity index (χ0) is 15.4. The number of rotatable bonds is 5. The largest absolute Gasteiger partial charge is 0.394 e. The Bertz CT molecular complexity index is 624. The molecule has 0 fully saturated rings. The van der Waals surface area contributed by atoms with E-state index in [0.29, 0.717) is 6.42 Å². The maximum Gasteiger partial charge on any atom is 0.227 e. The Morgan fingerprint density at radius 3 is 3.00 bits per heavy atom. The predicted octanol–water partition coefficient (Wildman–Crippen LogP) is 1.55. The molecule has 0 saturated carbocycles. The number of hydrogen-bond donors (Lipinski definition) is 3. The molecule has 1 heterocycles. The van der Waals surface area contributed by atoms with Crippen LogP contribution >= 0.6 is 0 Å². The molecular weight excluding hydrogens is 278 g/mol. The number of carbonyl (C=O) groups is 1. The highest BCUT2D eigenvalue weighted by Crippen LogP contribution is 2.30. The molecule has 0 aliphatic heterocycles. The number of aromatic amines is 1. The first-order valence-corrected chi connectivity index (χ1v) is 7.75. The molecule has 0 radical (unpaired) electrons. The van der Waals surface area contributed by atoms with Crippen molar-refractivity contribution in [2.45, 2.75) is 37.6 Å². The van der Waals surface area contributed by atoms with Crippen molar-refractivity contribution >= 4 is 5.91 Å². The van der Waals surface area contributed by atoms with Crippen molar-refractivity contribution in [1.82, 2.24) is 15.5 Å². The number of H-pyrrole nitrogens is 1. The monoisotopic (exact) mass is 299 g/mol. The Hall–Kier alpha value is -2.14. The van der Waals surface area contributed by atoms with Crippen LogP contribution in [-0.4, -0.2) is 33.9 Å². The highest BCUT2D eigenvalue weighted by Gasteiger charge is 2.29. The number of carbonyl (C=O) groups excluding carboxylic acids is 1. The van der Waals surface area contributed by atoms with Crippen molar-refractivity contribution in [2.24, 2.45) is 0 Å². The molecule has 2 atom stereocenters. The van der Waals surface area contributed by atoms with E-state index < -0.39 is 0 Å². The summed E-state index contributed by atoms with van der Waals surface area (Å²) >= 11 is 0. The maximum atomic E-state index is 12.6. The zero-order valence-electron chi connectivity index (χ0n) is 12.5. The number of nitrogens with zero attached hydrogens (tertiary/aromatic N) is 1. The van der Waals surface area contributed by atoms with Gasteiger partial charge in [0.2, 0.25) is 5.91 Å². The summed E-state index contributed by atoms with van der Waals surface area (Å²) in [6.07, 6.45) is 5.15. The van der Waals surface area contributed by atoms with E-state index in [4.69, 9.17) is 0 Å². The van der Waals surface area contributed by atoms with Crippen LogP contribution in [0.5, 0.6) is 0 Å². The third kappa shape index (κ3) is 3.20. The molecule has 116 valence electrons. The molecule has 1 aliphatic carbocycles. The highest BCUT2D eigenvalue weighted by molar-refractivity contribution is 5.84. The van der Waals surface area contributed by atoms with E-state index in [2.05, 4.69) is 15.5 Å². The Morgan fingerprint density at radius 1 is 1.41 bits per heavy atom. The summed E-state index contributed by atoms with van der Waals surface area (Å²) < 4.78 is 0. The summed E-state index contributed by atoms with van der Waals surface area (Å²) in [5.41, 5.74) is 3.17. The van der Waals surface area contributed by atoms with E-state index in [-0.39, 0.29) is 24.5 Å². The van der Waals surface area contributed by atoms with Crippen molar-refractivity contribution in [3.8, 4) is 0 Å². The molecule has 1 amide bonds. The standard InChI is InChI=1S/C17H21N3O2/c21-11-13(9-12-5-2-1-3-6-12)19-17(22)14-7-4-8-16-15(14)10-18-20-16/h1-3,5-6,10,13-14,21H,4,7-9,11H2,(H,18,20)(H,19,22). The first-order chi connectivity index (χ1) is 10.8. The van der Waals surface area contributed by atoms with Gasteiger partial charge in [-0.15, -0.1) is 0 Å². The molecule has 2 aromatic rings. The van der Waals surface area contributed by atoms with Gasteiger partial charge in [-0.2, -0.15) is 5.10 Å². The number of hydrogen-bond acceptors (Lipinski definition) is 3. The molecule has 3 N–H and O–H groups in total. The normalized spacial score (nSPS) is 18.5. The average Bonchev–Trinajstić information content (AvgIpc) is 3.03. The molecule has 1 aliphatic rings. The summed E-state index contributed by atoms with van der Waals surface area (Å²) in [5.74, 6) is -0.176. The SMILES string of the molecule is O=C(NC(CO)Cc1ccccc1)C1CCCc2[nH]ncc21. The van der Waals surface area contributed by atoms with Gasteiger partial charge < -0.3 is 10.4 Å². The van der Waals surface area contributed by atoms with Crippen LogP contribution in [0.4, 0.5) is 0 Å². The molecule has 2 unspecified atom stereocenters. The van der Waals surface area contributed by atoms with E-state index >= 15 is 0 Å². The number of aliphatic hydroxyl groups is 1. The fraction of sp³-hybridized carbons (Fsp3) is 0.412. The summed E-state index contributed by atoms with van der Waals surface area (Å²) in [6.45, 7) is -0.0639. The predicted molar refractivity (Wildman–Crippen MR) is 83.4 cm³/mol. The number of benzene rings is 1. The van der Waals surface area contributed by atoms with Gasteiger partial charge in [0.05, 0.1) is 24.8 Å². The summed E-state index contributed by atoms with van der Waals surface area (Å²) in [5, 5.41) is 19.6. The van der Waals surface area contributed by atoms with E-state index in [1.54, 1.807) is 6.20 Å². The first-order valence-electron chi connectivity index (χ1n) is 7.75. The van der Waals surface area contributed by atoms with Gasteiger partial charge in [-0.1, -0.05) is 30.3 Å². The van der Waals surface area contributed by atoms with Gasteiger partial charge in [-0.3, -0.25) is 9.89 Å². The van der Waals surface area contributed by atoms with Gasteiger partial charge in [0.1, 0.15) is 0 Å². The van der Waals surface area contributed by atoms with Crippen LogP contribution in [0.25, 0.3) is 0 Å². The third-order valence-corrected chi connectivity index (χ3v) is 4.25. The van der Waals surface area contributed by atoms with Crippen molar-refractivity contribution in [3.63, 3.8) is 0 Å². The maximum absolute atomic E-state index is 12.6. The molecule has 22 heavy (non-hydrogen) atoms. The van der Waals surface area contributed by atoms with Gasteiger partial charge in [0, 0.05) is 11.3 Å². The first kappa shape index (κ1) is 14.8. The van der Waals surface area contributed by atoms with E-state index in [1.165, 1.54) is 0 Å². The van der Waals surface area contributed by atoms with Gasteiger partial charge in [0.25, 0.3) is 0 Å². The number of aryl methyl sites for hydroxylation is 1. The second-order valence-electron chi connectivity index (χ2n) is 5.83. The number of aromatic nitrogens is 2. The smallest absolute Gasteiger partial charge is 0.227 e. The van der Waals surface area contributed by atoms with E-state index in [9.17, 15) is 9.90 Å². The van der Waals surface area contributed by atoms with E-state index in [1.807, 2.05) is 30.3 Å². The second kappa shape index (κ2) is 6.75. The lowest BCUT2D eigenvalue weighted by Crippen LogP contribution is -2.42. The topological polar surface area (TPSA) is 78.0 Å². The number of fused-ring (bicyclic) bond motifs is 1. The van der Waals surface area contributed by atoms with Gasteiger partial charge >= 0.3 is 0 Å². The molecular formula is C17H21N3O2. The number of amides is 1. The van der Waals surface area contributed by atoms with Crippen molar-refractivity contribution < 1.29 is 9.90 Å². The highest BCUT2D eigenvalue weighted by atomic mass is 16.3. The second-order valence-corrected chi connectivity index (χ2v) is 5.83. The van der Waals surface area contributed by atoms with Gasteiger partial charge in [-0.05, 0) is 31.2 Å². The molecule has 1 aromatic heterocycles. The molecule has 0 bridgehead atoms. The summed E-state index contributed by atoms with van der Waals surface area (Å²) in [4.78, 5) is 12.6. The van der Waals surface area contributed by atoms with Gasteiger partial charge in [0.15, 0.2) is 0 Å². The third-order valence-electron chi connectivity index (χ3n) is 4.25. The fourth-order valence-corrected chi connectivity index (χ4v) is 3.10. The Kier molecular flexibility index (Phi) is 4.53. The minimum atomic E-state index is -0.257. The molecule has 5 heteroatoms. The lowest BCUT2D eigenvalue weighted by molar-refractivity contribution is -0.123. The van der Waals surface area contributed by atoms with Crippen molar-refractivity contribution in [3.05, 3.63) is 53.3 Å². The molecule has 0 saturated heterocycles. The van der Waals surface area contributed by atoms with Crippen LogP contribution in [-0.2, 0) is 17.6 Å². The Labute approximate surface area is 129 Å². The van der Waals surface area contributed by atoms with Gasteiger partial charge in [-0.25, -0.2) is 0 Å². The van der Waals surface area contributed by atoms with Crippen LogP contribution in [0, 0.1) is 0 Å². The van der Waals surface area contributed by atoms with Crippen LogP contribution in [0.15, 0.2) is 36.5 Å². The van der Waals surface area contributed by atoms with Crippen molar-refractivity contribution in [2.75, 3.05) is 6.61 Å². The molecule has 3 rings (SSSR count). The van der Waals surface area contributed by atoms with E-state index in [0.717, 1.165) is 36.1 Å². The Balaban J connectivity index is 1.66.